The van der Waals surface area contributed by atoms with Crippen molar-refractivity contribution < 1.29 is 18.0 Å². The molecule has 2 aromatic carbocycles. The average molecular weight is 591 g/mol. The van der Waals surface area contributed by atoms with Crippen molar-refractivity contribution in [1.82, 2.24) is 10.2 Å². The van der Waals surface area contributed by atoms with Crippen LogP contribution in [0.5, 0.6) is 0 Å². The number of carbonyl (C=O) groups is 2. The van der Waals surface area contributed by atoms with E-state index < -0.39 is 16.1 Å². The Morgan fingerprint density at radius 1 is 0.973 bits per heavy atom. The summed E-state index contributed by atoms with van der Waals surface area (Å²) in [7, 11) is -3.58. The van der Waals surface area contributed by atoms with Crippen LogP contribution in [0.1, 0.15) is 51.5 Å². The van der Waals surface area contributed by atoms with Gasteiger partial charge in [-0.2, -0.15) is 0 Å². The second-order valence-electron chi connectivity index (χ2n) is 8.74. The molecule has 0 heterocycles. The molecule has 0 spiro atoms. The van der Waals surface area contributed by atoms with E-state index in [2.05, 4.69) is 5.32 Å². The number of amides is 2. The van der Waals surface area contributed by atoms with Gasteiger partial charge in [0.2, 0.25) is 21.8 Å². The van der Waals surface area contributed by atoms with E-state index in [0.29, 0.717) is 39.3 Å². The maximum absolute atomic E-state index is 13.5. The fourth-order valence-corrected chi connectivity index (χ4v) is 5.43. The Morgan fingerprint density at radius 3 is 2.19 bits per heavy atom. The van der Waals surface area contributed by atoms with Crippen LogP contribution in [-0.2, 0) is 26.2 Å². The molecule has 2 aromatic rings. The maximum Gasteiger partial charge on any atom is 0.242 e. The van der Waals surface area contributed by atoms with Gasteiger partial charge >= 0.3 is 0 Å². The predicted octanol–water partition coefficient (Wildman–Crippen LogP) is 5.92. The van der Waals surface area contributed by atoms with Crippen LogP contribution in [0.4, 0.5) is 5.69 Å². The number of halogens is 3. The standard InChI is InChI=1S/C26H34Cl3N3O4S/c1-4-6-15-30-26(34)24(5-2)31(18-19-9-10-21(28)17-23(19)29)25(33)8-7-16-32(37(3,35)36)22-13-11-20(27)12-14-22/h9-14,17,24H,4-8,15-16,18H2,1-3H3,(H,30,34). The molecule has 1 unspecified atom stereocenters. The number of unbranched alkanes of at least 4 members (excludes halogenated alkanes) is 1. The summed E-state index contributed by atoms with van der Waals surface area (Å²) in [6, 6.07) is 10.8. The molecule has 11 heteroatoms. The van der Waals surface area contributed by atoms with E-state index in [1.54, 1.807) is 42.5 Å². The molecule has 204 valence electrons. The molecule has 2 rings (SSSR count). The van der Waals surface area contributed by atoms with Crippen molar-refractivity contribution in [2.45, 2.75) is 58.5 Å². The number of nitrogens with one attached hydrogen (secondary N) is 1. The van der Waals surface area contributed by atoms with Crippen LogP contribution >= 0.6 is 34.8 Å². The number of carbonyl (C=O) groups excluding carboxylic acids is 2. The van der Waals surface area contributed by atoms with Gasteiger partial charge in [-0.25, -0.2) is 8.42 Å². The van der Waals surface area contributed by atoms with Crippen LogP contribution < -0.4 is 9.62 Å². The lowest BCUT2D eigenvalue weighted by atomic mass is 10.1. The minimum absolute atomic E-state index is 0.0452. The third-order valence-corrected chi connectivity index (χ3v) is 7.87. The van der Waals surface area contributed by atoms with Crippen LogP contribution in [0.25, 0.3) is 0 Å². The molecule has 37 heavy (non-hydrogen) atoms. The molecule has 0 bridgehead atoms. The van der Waals surface area contributed by atoms with Gasteiger partial charge in [-0.1, -0.05) is 61.1 Å². The van der Waals surface area contributed by atoms with Crippen LogP contribution in [0, 0.1) is 0 Å². The SMILES string of the molecule is CCCCNC(=O)C(CC)N(Cc1ccc(Cl)cc1Cl)C(=O)CCCN(c1ccc(Cl)cc1)S(C)(=O)=O. The van der Waals surface area contributed by atoms with E-state index in [-0.39, 0.29) is 37.7 Å². The normalized spacial score (nSPS) is 12.2. The van der Waals surface area contributed by atoms with Gasteiger partial charge in [0.25, 0.3) is 0 Å². The third-order valence-electron chi connectivity index (χ3n) is 5.84. The summed E-state index contributed by atoms with van der Waals surface area (Å²) < 4.78 is 26.1. The summed E-state index contributed by atoms with van der Waals surface area (Å²) in [6.45, 7) is 4.63. The Labute approximate surface area is 235 Å². The van der Waals surface area contributed by atoms with Gasteiger partial charge in [-0.05, 0) is 61.2 Å². The van der Waals surface area contributed by atoms with Crippen molar-refractivity contribution >= 4 is 62.3 Å². The van der Waals surface area contributed by atoms with Crippen molar-refractivity contribution in [2.24, 2.45) is 0 Å². The summed E-state index contributed by atoms with van der Waals surface area (Å²) >= 11 is 18.3. The van der Waals surface area contributed by atoms with Gasteiger partial charge in [-0.3, -0.25) is 13.9 Å². The first-order chi connectivity index (χ1) is 17.5. The Hall–Kier alpha value is -2.00. The lowest BCUT2D eigenvalue weighted by Gasteiger charge is -2.31. The monoisotopic (exact) mass is 589 g/mol. The Balaban J connectivity index is 2.22. The van der Waals surface area contributed by atoms with E-state index in [4.69, 9.17) is 34.8 Å². The molecule has 7 nitrogen and oxygen atoms in total. The maximum atomic E-state index is 13.5. The zero-order valence-electron chi connectivity index (χ0n) is 21.3. The second-order valence-corrected chi connectivity index (χ2v) is 11.9. The molecule has 1 N–H and O–H groups in total. The van der Waals surface area contributed by atoms with Gasteiger partial charge in [-0.15, -0.1) is 0 Å². The molecule has 0 aromatic heterocycles. The van der Waals surface area contributed by atoms with Crippen LogP contribution in [0.2, 0.25) is 15.1 Å². The fourth-order valence-electron chi connectivity index (χ4n) is 3.87. The number of hydrogen-bond acceptors (Lipinski definition) is 4. The quantitative estimate of drug-likeness (QED) is 0.277. The van der Waals surface area contributed by atoms with Gasteiger partial charge in [0.1, 0.15) is 6.04 Å². The van der Waals surface area contributed by atoms with Gasteiger partial charge in [0, 0.05) is 41.1 Å². The Kier molecular flexibility index (Phi) is 12.5. The van der Waals surface area contributed by atoms with Gasteiger partial charge in [0.05, 0.1) is 11.9 Å². The van der Waals surface area contributed by atoms with Gasteiger partial charge < -0.3 is 10.2 Å². The number of sulfonamides is 1. The highest BCUT2D eigenvalue weighted by Crippen LogP contribution is 2.25. The highest BCUT2D eigenvalue weighted by molar-refractivity contribution is 7.92. The zero-order valence-corrected chi connectivity index (χ0v) is 24.4. The molecular formula is C26H34Cl3N3O4S. The van der Waals surface area contributed by atoms with E-state index in [9.17, 15) is 18.0 Å². The van der Waals surface area contributed by atoms with E-state index >= 15 is 0 Å². The highest BCUT2D eigenvalue weighted by atomic mass is 35.5. The highest BCUT2D eigenvalue weighted by Gasteiger charge is 2.29. The Morgan fingerprint density at radius 2 is 1.62 bits per heavy atom. The molecule has 0 aliphatic carbocycles. The smallest absolute Gasteiger partial charge is 0.242 e. The summed E-state index contributed by atoms with van der Waals surface area (Å²) in [4.78, 5) is 28.0. The Bertz CT molecular complexity index is 1160. The predicted molar refractivity (Wildman–Crippen MR) is 152 cm³/mol. The first kappa shape index (κ1) is 31.2. The molecule has 0 saturated heterocycles. The van der Waals surface area contributed by atoms with E-state index in [0.717, 1.165) is 19.1 Å². The summed E-state index contributed by atoms with van der Waals surface area (Å²) in [5.41, 5.74) is 1.13. The first-order valence-electron chi connectivity index (χ1n) is 12.2. The fraction of sp³-hybridized carbons (Fsp3) is 0.462. The molecule has 0 aliphatic heterocycles. The second kappa shape index (κ2) is 14.8. The van der Waals surface area contributed by atoms with Crippen molar-refractivity contribution in [1.29, 1.82) is 0 Å². The van der Waals surface area contributed by atoms with Crippen molar-refractivity contribution in [3.8, 4) is 0 Å². The minimum atomic E-state index is -3.58. The molecule has 0 aliphatic rings. The largest absolute Gasteiger partial charge is 0.354 e. The van der Waals surface area contributed by atoms with E-state index in [1.165, 1.54) is 9.21 Å². The number of hydrogen-bond donors (Lipinski definition) is 1. The number of benzene rings is 2. The number of anilines is 1. The third kappa shape index (κ3) is 9.67. The van der Waals surface area contributed by atoms with Crippen molar-refractivity contribution in [3.63, 3.8) is 0 Å². The van der Waals surface area contributed by atoms with E-state index in [1.807, 2.05) is 13.8 Å². The van der Waals surface area contributed by atoms with Crippen LogP contribution in [0.3, 0.4) is 0 Å². The first-order valence-corrected chi connectivity index (χ1v) is 15.2. The lowest BCUT2D eigenvalue weighted by molar-refractivity contribution is -0.141. The molecule has 0 saturated carbocycles. The molecule has 0 fully saturated rings. The molecule has 0 radical (unpaired) electrons. The van der Waals surface area contributed by atoms with Crippen LogP contribution in [-0.4, -0.2) is 50.5 Å². The molecule has 2 amide bonds. The topological polar surface area (TPSA) is 86.8 Å². The lowest BCUT2D eigenvalue weighted by Crippen LogP contribution is -2.49. The number of nitrogens with zero attached hydrogens (tertiary/aromatic N) is 2. The van der Waals surface area contributed by atoms with Crippen molar-refractivity contribution in [2.75, 3.05) is 23.7 Å². The zero-order chi connectivity index (χ0) is 27.6. The van der Waals surface area contributed by atoms with Gasteiger partial charge in [0.15, 0.2) is 0 Å². The minimum Gasteiger partial charge on any atom is -0.354 e. The summed E-state index contributed by atoms with van der Waals surface area (Å²) in [5, 5.41) is 4.28. The van der Waals surface area contributed by atoms with Crippen molar-refractivity contribution in [3.05, 3.63) is 63.1 Å². The number of rotatable bonds is 14. The average Bonchev–Trinajstić information content (AvgIpc) is 2.83. The summed E-state index contributed by atoms with van der Waals surface area (Å²) in [5.74, 6) is -0.499. The van der Waals surface area contributed by atoms with Crippen LogP contribution in [0.15, 0.2) is 42.5 Å². The molecular weight excluding hydrogens is 557 g/mol. The molecule has 1 atom stereocenters. The summed E-state index contributed by atoms with van der Waals surface area (Å²) in [6.07, 6.45) is 3.60.